The summed E-state index contributed by atoms with van der Waals surface area (Å²) in [5.74, 6) is 1.13. The zero-order valence-electron chi connectivity index (χ0n) is 13.3. The fourth-order valence-electron chi connectivity index (χ4n) is 1.96. The topological polar surface area (TPSA) is 38.7 Å². The summed E-state index contributed by atoms with van der Waals surface area (Å²) in [6.45, 7) is 3.86. The van der Waals surface area contributed by atoms with E-state index in [-0.39, 0.29) is 5.75 Å². The van der Waals surface area contributed by atoms with Crippen molar-refractivity contribution < 1.29 is 14.6 Å². The Kier molecular flexibility index (Phi) is 6.95. The summed E-state index contributed by atoms with van der Waals surface area (Å²) in [5, 5.41) is 9.22. The second-order valence-corrected chi connectivity index (χ2v) is 4.92. The van der Waals surface area contributed by atoms with E-state index in [1.165, 1.54) is 0 Å². The highest BCUT2D eigenvalue weighted by atomic mass is 16.5. The van der Waals surface area contributed by atoms with Gasteiger partial charge in [0, 0.05) is 6.61 Å². The van der Waals surface area contributed by atoms with Gasteiger partial charge in [0.15, 0.2) is 0 Å². The van der Waals surface area contributed by atoms with E-state index in [1.807, 2.05) is 67.6 Å². The molecule has 0 unspecified atom stereocenters. The normalized spacial score (nSPS) is 11.3. The van der Waals surface area contributed by atoms with E-state index in [9.17, 15) is 5.11 Å². The minimum absolute atomic E-state index is 0.279. The number of phenols is 1. The molecule has 0 fully saturated rings. The second kappa shape index (κ2) is 9.49. The molecular formula is C20H22O3. The predicted molar refractivity (Wildman–Crippen MR) is 94.6 cm³/mol. The van der Waals surface area contributed by atoms with E-state index in [0.29, 0.717) is 19.8 Å². The van der Waals surface area contributed by atoms with E-state index in [4.69, 9.17) is 9.47 Å². The van der Waals surface area contributed by atoms with Crippen molar-refractivity contribution in [2.45, 2.75) is 6.92 Å². The first-order chi connectivity index (χ1) is 11.3. The van der Waals surface area contributed by atoms with Gasteiger partial charge in [-0.15, -0.1) is 0 Å². The molecule has 0 heterocycles. The third kappa shape index (κ3) is 6.41. The first kappa shape index (κ1) is 16.8. The van der Waals surface area contributed by atoms with Gasteiger partial charge in [0.25, 0.3) is 0 Å². The molecule has 0 spiro atoms. The van der Waals surface area contributed by atoms with Gasteiger partial charge in [-0.05, 0) is 42.3 Å². The van der Waals surface area contributed by atoms with Crippen molar-refractivity contribution in [1.82, 2.24) is 0 Å². The number of hydrogen-bond acceptors (Lipinski definition) is 3. The molecule has 23 heavy (non-hydrogen) atoms. The van der Waals surface area contributed by atoms with Crippen LogP contribution in [-0.2, 0) is 4.74 Å². The van der Waals surface area contributed by atoms with Crippen LogP contribution < -0.4 is 4.74 Å². The first-order valence-electron chi connectivity index (χ1n) is 7.72. The van der Waals surface area contributed by atoms with Crippen molar-refractivity contribution >= 4 is 12.2 Å². The van der Waals surface area contributed by atoms with Crippen molar-refractivity contribution in [1.29, 1.82) is 0 Å². The van der Waals surface area contributed by atoms with Gasteiger partial charge in [-0.1, -0.05) is 48.6 Å². The number of allylic oxidation sites excluding steroid dienone is 2. The van der Waals surface area contributed by atoms with Crippen molar-refractivity contribution in [2.75, 3.05) is 19.8 Å². The van der Waals surface area contributed by atoms with Gasteiger partial charge >= 0.3 is 0 Å². The van der Waals surface area contributed by atoms with E-state index in [0.717, 1.165) is 16.9 Å². The minimum atomic E-state index is 0.279. The Bertz CT molecular complexity index is 625. The second-order valence-electron chi connectivity index (χ2n) is 4.92. The summed E-state index contributed by atoms with van der Waals surface area (Å²) in [4.78, 5) is 0. The van der Waals surface area contributed by atoms with Gasteiger partial charge in [0.05, 0.1) is 6.61 Å². The Balaban J connectivity index is 1.81. The molecule has 0 aliphatic carbocycles. The van der Waals surface area contributed by atoms with E-state index in [1.54, 1.807) is 12.1 Å². The Hall–Kier alpha value is -2.52. The van der Waals surface area contributed by atoms with Gasteiger partial charge < -0.3 is 14.6 Å². The Morgan fingerprint density at radius 3 is 1.96 bits per heavy atom. The summed E-state index contributed by atoms with van der Waals surface area (Å²) in [7, 11) is 0. The molecule has 0 bridgehead atoms. The maximum absolute atomic E-state index is 9.22. The molecule has 0 aromatic heterocycles. The molecule has 0 aliphatic heterocycles. The van der Waals surface area contributed by atoms with E-state index in [2.05, 4.69) is 0 Å². The van der Waals surface area contributed by atoms with Gasteiger partial charge in [-0.3, -0.25) is 0 Å². The summed E-state index contributed by atoms with van der Waals surface area (Å²) < 4.78 is 10.8. The van der Waals surface area contributed by atoms with Crippen LogP contribution in [0.1, 0.15) is 18.1 Å². The lowest BCUT2D eigenvalue weighted by Crippen LogP contribution is -2.06. The molecule has 1 N–H and O–H groups in total. The van der Waals surface area contributed by atoms with Gasteiger partial charge in [-0.25, -0.2) is 0 Å². The molecule has 3 nitrogen and oxygen atoms in total. The van der Waals surface area contributed by atoms with Crippen LogP contribution in [-0.4, -0.2) is 24.9 Å². The molecular weight excluding hydrogens is 288 g/mol. The third-order valence-electron chi connectivity index (χ3n) is 3.16. The van der Waals surface area contributed by atoms with Crippen LogP contribution in [0, 0.1) is 0 Å². The van der Waals surface area contributed by atoms with Gasteiger partial charge in [-0.2, -0.15) is 0 Å². The molecule has 0 saturated carbocycles. The van der Waals surface area contributed by atoms with Crippen molar-refractivity contribution in [3.63, 3.8) is 0 Å². The Labute approximate surface area is 137 Å². The predicted octanol–water partition coefficient (Wildman–Crippen LogP) is 4.53. The van der Waals surface area contributed by atoms with Crippen LogP contribution in [0.5, 0.6) is 11.5 Å². The fourth-order valence-corrected chi connectivity index (χ4v) is 1.96. The summed E-state index contributed by atoms with van der Waals surface area (Å²) in [6.07, 6.45) is 7.97. The van der Waals surface area contributed by atoms with E-state index < -0.39 is 0 Å². The Morgan fingerprint density at radius 1 is 0.826 bits per heavy atom. The monoisotopic (exact) mass is 310 g/mol. The third-order valence-corrected chi connectivity index (χ3v) is 3.16. The largest absolute Gasteiger partial charge is 0.508 e. The maximum Gasteiger partial charge on any atom is 0.119 e. The highest BCUT2D eigenvalue weighted by Crippen LogP contribution is 2.14. The molecule has 0 aliphatic rings. The quantitative estimate of drug-likeness (QED) is 0.575. The molecule has 2 rings (SSSR count). The SMILES string of the molecule is CCOCCOc1ccc(C=CC=Cc2ccc(O)cc2)cc1. The van der Waals surface area contributed by atoms with Crippen LogP contribution in [0.25, 0.3) is 12.2 Å². The van der Waals surface area contributed by atoms with Crippen LogP contribution in [0.15, 0.2) is 60.7 Å². The van der Waals surface area contributed by atoms with Crippen LogP contribution >= 0.6 is 0 Å². The molecule has 2 aromatic rings. The average Bonchev–Trinajstić information content (AvgIpc) is 2.58. The molecule has 0 radical (unpaired) electrons. The minimum Gasteiger partial charge on any atom is -0.508 e. The molecule has 0 amide bonds. The molecule has 0 atom stereocenters. The summed E-state index contributed by atoms with van der Waals surface area (Å²) >= 11 is 0. The number of hydrogen-bond donors (Lipinski definition) is 1. The first-order valence-corrected chi connectivity index (χ1v) is 7.72. The average molecular weight is 310 g/mol. The highest BCUT2D eigenvalue weighted by Gasteiger charge is 1.93. The number of ether oxygens (including phenoxy) is 2. The standard InChI is InChI=1S/C20H22O3/c1-2-22-15-16-23-20-13-9-18(10-14-20)6-4-3-5-17-7-11-19(21)12-8-17/h3-14,21H,2,15-16H2,1H3. The van der Waals surface area contributed by atoms with Crippen LogP contribution in [0.3, 0.4) is 0 Å². The molecule has 2 aromatic carbocycles. The van der Waals surface area contributed by atoms with Crippen molar-refractivity contribution in [2.24, 2.45) is 0 Å². The molecule has 3 heteroatoms. The Morgan fingerprint density at radius 2 is 1.39 bits per heavy atom. The van der Waals surface area contributed by atoms with Gasteiger partial charge in [0.1, 0.15) is 18.1 Å². The lowest BCUT2D eigenvalue weighted by molar-refractivity contribution is 0.110. The lowest BCUT2D eigenvalue weighted by atomic mass is 10.2. The highest BCUT2D eigenvalue weighted by molar-refractivity contribution is 5.57. The maximum atomic E-state index is 9.22. The number of aromatic hydroxyl groups is 1. The van der Waals surface area contributed by atoms with Crippen LogP contribution in [0.4, 0.5) is 0 Å². The lowest BCUT2D eigenvalue weighted by Gasteiger charge is -2.06. The fraction of sp³-hybridized carbons (Fsp3) is 0.200. The van der Waals surface area contributed by atoms with Crippen LogP contribution in [0.2, 0.25) is 0 Å². The zero-order chi connectivity index (χ0) is 16.3. The number of benzene rings is 2. The van der Waals surface area contributed by atoms with Crippen molar-refractivity contribution in [3.05, 3.63) is 71.8 Å². The summed E-state index contributed by atoms with van der Waals surface area (Å²) in [5.41, 5.74) is 2.16. The molecule has 0 saturated heterocycles. The molecule has 120 valence electrons. The number of rotatable bonds is 8. The number of phenolic OH excluding ortho intramolecular Hbond substituents is 1. The zero-order valence-corrected chi connectivity index (χ0v) is 13.3. The van der Waals surface area contributed by atoms with Crippen molar-refractivity contribution in [3.8, 4) is 11.5 Å². The van der Waals surface area contributed by atoms with E-state index >= 15 is 0 Å². The smallest absolute Gasteiger partial charge is 0.119 e. The summed E-state index contributed by atoms with van der Waals surface area (Å²) in [6, 6.07) is 15.0. The van der Waals surface area contributed by atoms with Gasteiger partial charge in [0.2, 0.25) is 0 Å².